The van der Waals surface area contributed by atoms with Gasteiger partial charge in [0.1, 0.15) is 0 Å². The first kappa shape index (κ1) is 15.1. The first-order valence-corrected chi connectivity index (χ1v) is 6.03. The van der Waals surface area contributed by atoms with E-state index in [9.17, 15) is 14.4 Å². The van der Waals surface area contributed by atoms with Crippen LogP contribution in [0.15, 0.2) is 0 Å². The van der Waals surface area contributed by atoms with Gasteiger partial charge in [-0.05, 0) is 18.8 Å². The maximum absolute atomic E-state index is 11.2. The molecule has 1 saturated heterocycles. The summed E-state index contributed by atoms with van der Waals surface area (Å²) in [7, 11) is 1.26. The minimum absolute atomic E-state index is 0.000457. The second kappa shape index (κ2) is 6.81. The van der Waals surface area contributed by atoms with Gasteiger partial charge in [-0.3, -0.25) is 4.79 Å². The van der Waals surface area contributed by atoms with Gasteiger partial charge in [0.05, 0.1) is 13.2 Å². The number of nitrogens with two attached hydrogens (primary N) is 1. The molecule has 1 fully saturated rings. The van der Waals surface area contributed by atoms with Crippen LogP contribution in [0.4, 0.5) is 9.59 Å². The van der Waals surface area contributed by atoms with E-state index in [0.29, 0.717) is 25.9 Å². The Morgan fingerprint density at radius 2 is 2.11 bits per heavy atom. The number of nitrogens with zero attached hydrogens (tertiary/aromatic N) is 1. The van der Waals surface area contributed by atoms with E-state index in [0.717, 1.165) is 0 Å². The van der Waals surface area contributed by atoms with Crippen LogP contribution in [-0.2, 0) is 9.53 Å². The van der Waals surface area contributed by atoms with Crippen LogP contribution in [-0.4, -0.2) is 54.3 Å². The van der Waals surface area contributed by atoms with Crippen molar-refractivity contribution < 1.29 is 24.2 Å². The Labute approximate surface area is 110 Å². The summed E-state index contributed by atoms with van der Waals surface area (Å²) in [6.45, 7) is 0.732. The average Bonchev–Trinajstić information content (AvgIpc) is 2.35. The van der Waals surface area contributed by atoms with Crippen molar-refractivity contribution in [2.24, 2.45) is 11.7 Å². The molecule has 1 aliphatic heterocycles. The van der Waals surface area contributed by atoms with E-state index in [2.05, 4.69) is 10.1 Å². The molecule has 0 aliphatic carbocycles. The van der Waals surface area contributed by atoms with Crippen molar-refractivity contribution in [2.45, 2.75) is 25.3 Å². The first-order valence-electron chi connectivity index (χ1n) is 6.03. The number of piperidine rings is 1. The fourth-order valence-electron chi connectivity index (χ4n) is 2.25. The molecular weight excluding hydrogens is 254 g/mol. The van der Waals surface area contributed by atoms with Crippen molar-refractivity contribution in [3.05, 3.63) is 0 Å². The highest BCUT2D eigenvalue weighted by Crippen LogP contribution is 2.21. The van der Waals surface area contributed by atoms with E-state index >= 15 is 0 Å². The van der Waals surface area contributed by atoms with Gasteiger partial charge < -0.3 is 25.8 Å². The predicted octanol–water partition coefficient (Wildman–Crippen LogP) is -0.0236. The number of carbonyl (C=O) groups is 3. The number of carboxylic acid groups (broad SMARTS) is 1. The fraction of sp³-hybridized carbons (Fsp3) is 0.727. The maximum Gasteiger partial charge on any atom is 0.407 e. The number of carboxylic acids is 1. The lowest BCUT2D eigenvalue weighted by Gasteiger charge is -2.36. The van der Waals surface area contributed by atoms with Gasteiger partial charge in [-0.2, -0.15) is 0 Å². The maximum atomic E-state index is 11.2. The smallest absolute Gasteiger partial charge is 0.407 e. The Morgan fingerprint density at radius 3 is 2.63 bits per heavy atom. The Bertz CT molecular complexity index is 360. The van der Waals surface area contributed by atoms with E-state index in [-0.39, 0.29) is 18.4 Å². The molecule has 8 nitrogen and oxygen atoms in total. The number of carbonyl (C=O) groups excluding carboxylic acids is 2. The second-order valence-corrected chi connectivity index (χ2v) is 4.61. The first-order chi connectivity index (χ1) is 8.92. The molecule has 2 atom stereocenters. The van der Waals surface area contributed by atoms with Gasteiger partial charge in [-0.1, -0.05) is 0 Å². The van der Waals surface area contributed by atoms with Crippen LogP contribution >= 0.6 is 0 Å². The van der Waals surface area contributed by atoms with Crippen molar-refractivity contribution in [3.63, 3.8) is 0 Å². The highest BCUT2D eigenvalue weighted by atomic mass is 16.5. The largest absolute Gasteiger partial charge is 0.481 e. The Morgan fingerprint density at radius 1 is 1.42 bits per heavy atom. The van der Waals surface area contributed by atoms with E-state index in [1.807, 2.05) is 0 Å². The fourth-order valence-corrected chi connectivity index (χ4v) is 2.25. The molecule has 19 heavy (non-hydrogen) atoms. The Kier molecular flexibility index (Phi) is 5.40. The molecule has 0 saturated carbocycles. The lowest BCUT2D eigenvalue weighted by atomic mass is 9.90. The van der Waals surface area contributed by atoms with Gasteiger partial charge in [0.2, 0.25) is 0 Å². The van der Waals surface area contributed by atoms with Crippen molar-refractivity contribution in [1.82, 2.24) is 10.2 Å². The molecule has 4 N–H and O–H groups in total. The van der Waals surface area contributed by atoms with Crippen LogP contribution in [0.25, 0.3) is 0 Å². The van der Waals surface area contributed by atoms with E-state index < -0.39 is 18.1 Å². The van der Waals surface area contributed by atoms with Crippen molar-refractivity contribution in [3.8, 4) is 0 Å². The number of rotatable bonds is 4. The predicted molar refractivity (Wildman–Crippen MR) is 65.5 cm³/mol. The summed E-state index contributed by atoms with van der Waals surface area (Å²) in [6.07, 6.45) is 0.501. The summed E-state index contributed by atoms with van der Waals surface area (Å²) >= 11 is 0. The second-order valence-electron chi connectivity index (χ2n) is 4.61. The molecule has 1 rings (SSSR count). The lowest BCUT2D eigenvalue weighted by molar-refractivity contribution is -0.137. The summed E-state index contributed by atoms with van der Waals surface area (Å²) < 4.78 is 4.50. The molecule has 1 heterocycles. The number of hydrogen-bond donors (Lipinski definition) is 3. The number of likely N-dealkylation sites (tertiary alicyclic amines) is 1. The molecule has 3 amide bonds. The number of methoxy groups -OCH3 is 1. The summed E-state index contributed by atoms with van der Waals surface area (Å²) in [5, 5.41) is 11.3. The summed E-state index contributed by atoms with van der Waals surface area (Å²) in [5.74, 6) is -0.881. The van der Waals surface area contributed by atoms with Crippen LogP contribution < -0.4 is 11.1 Å². The third kappa shape index (κ3) is 5.02. The standard InChI is InChI=1S/C11H19N3O5/c1-19-11(18)13-8-4-7(2-3-9(15)16)5-14(6-8)10(12)17/h7-8H,2-6H2,1H3,(H2,12,17)(H,13,18)(H,15,16). The third-order valence-electron chi connectivity index (χ3n) is 3.12. The van der Waals surface area contributed by atoms with Gasteiger partial charge in [0.25, 0.3) is 0 Å². The van der Waals surface area contributed by atoms with Crippen molar-refractivity contribution >= 4 is 18.1 Å². The molecule has 2 unspecified atom stereocenters. The number of urea groups is 1. The average molecular weight is 273 g/mol. The molecule has 8 heteroatoms. The zero-order valence-electron chi connectivity index (χ0n) is 10.8. The van der Waals surface area contributed by atoms with E-state index in [4.69, 9.17) is 10.8 Å². The summed E-state index contributed by atoms with van der Waals surface area (Å²) in [4.78, 5) is 34.4. The molecule has 0 aromatic rings. The monoisotopic (exact) mass is 273 g/mol. The van der Waals surface area contributed by atoms with Crippen molar-refractivity contribution in [2.75, 3.05) is 20.2 Å². The molecule has 0 aromatic heterocycles. The molecule has 0 bridgehead atoms. The van der Waals surface area contributed by atoms with Gasteiger partial charge in [0.15, 0.2) is 0 Å². The van der Waals surface area contributed by atoms with Gasteiger partial charge in [-0.25, -0.2) is 9.59 Å². The van der Waals surface area contributed by atoms with Crippen LogP contribution in [0, 0.1) is 5.92 Å². The molecule has 0 radical (unpaired) electrons. The van der Waals surface area contributed by atoms with Gasteiger partial charge in [-0.15, -0.1) is 0 Å². The zero-order valence-corrected chi connectivity index (χ0v) is 10.8. The number of primary amides is 1. The highest BCUT2D eigenvalue weighted by molar-refractivity contribution is 5.72. The molecule has 108 valence electrons. The zero-order chi connectivity index (χ0) is 14.4. The molecule has 0 aromatic carbocycles. The number of aliphatic carboxylic acids is 1. The normalized spacial score (nSPS) is 22.7. The summed E-state index contributed by atoms with van der Waals surface area (Å²) in [5.41, 5.74) is 5.24. The van der Waals surface area contributed by atoms with Crippen LogP contribution in [0.5, 0.6) is 0 Å². The number of alkyl carbamates (subject to hydrolysis) is 1. The minimum atomic E-state index is -0.881. The van der Waals surface area contributed by atoms with E-state index in [1.165, 1.54) is 12.0 Å². The number of nitrogens with one attached hydrogen (secondary N) is 1. The Hall–Kier alpha value is -1.99. The number of hydrogen-bond acceptors (Lipinski definition) is 4. The minimum Gasteiger partial charge on any atom is -0.481 e. The third-order valence-corrected chi connectivity index (χ3v) is 3.12. The Balaban J connectivity index is 2.59. The lowest BCUT2D eigenvalue weighted by Crippen LogP contribution is -2.54. The van der Waals surface area contributed by atoms with Crippen molar-refractivity contribution in [1.29, 1.82) is 0 Å². The summed E-state index contributed by atoms with van der Waals surface area (Å²) in [6, 6.07) is -0.843. The molecule has 1 aliphatic rings. The number of ether oxygens (including phenoxy) is 1. The molecule has 0 spiro atoms. The SMILES string of the molecule is COC(=O)NC1CC(CCC(=O)O)CN(C(N)=O)C1. The van der Waals surface area contributed by atoms with Gasteiger partial charge in [0, 0.05) is 19.5 Å². The topological polar surface area (TPSA) is 122 Å². The van der Waals surface area contributed by atoms with E-state index in [1.54, 1.807) is 0 Å². The number of amides is 3. The van der Waals surface area contributed by atoms with Gasteiger partial charge >= 0.3 is 18.1 Å². The van der Waals surface area contributed by atoms with Crippen LogP contribution in [0.3, 0.4) is 0 Å². The van der Waals surface area contributed by atoms with Crippen LogP contribution in [0.1, 0.15) is 19.3 Å². The van der Waals surface area contributed by atoms with Crippen LogP contribution in [0.2, 0.25) is 0 Å². The quantitative estimate of drug-likeness (QED) is 0.664. The molecular formula is C11H19N3O5. The highest BCUT2D eigenvalue weighted by Gasteiger charge is 2.30.